The van der Waals surface area contributed by atoms with Gasteiger partial charge in [-0.2, -0.15) is 0 Å². The van der Waals surface area contributed by atoms with E-state index >= 15 is 0 Å². The van der Waals surface area contributed by atoms with Crippen LogP contribution in [-0.4, -0.2) is 54.8 Å². The van der Waals surface area contributed by atoms with Gasteiger partial charge in [0.05, 0.1) is 29.4 Å². The molecular formula is C22H20N2O7S. The molecular weight excluding hydrogens is 436 g/mol. The Hall–Kier alpha value is -3.79. The molecule has 0 radical (unpaired) electrons. The average Bonchev–Trinajstić information content (AvgIpc) is 3.18. The average molecular weight is 456 g/mol. The summed E-state index contributed by atoms with van der Waals surface area (Å²) in [7, 11) is 1.24. The molecule has 10 heteroatoms. The highest BCUT2D eigenvalue weighted by atomic mass is 32.1. The quantitative estimate of drug-likeness (QED) is 0.386. The van der Waals surface area contributed by atoms with E-state index in [-0.39, 0.29) is 28.8 Å². The lowest BCUT2D eigenvalue weighted by Gasteiger charge is -2.09. The molecule has 0 atom stereocenters. The summed E-state index contributed by atoms with van der Waals surface area (Å²) in [5.74, 6) is -3.06. The maximum Gasteiger partial charge on any atom is 0.341 e. The molecule has 166 valence electrons. The van der Waals surface area contributed by atoms with E-state index in [0.717, 1.165) is 9.78 Å². The number of methoxy groups -OCH3 is 1. The van der Waals surface area contributed by atoms with Gasteiger partial charge in [0.15, 0.2) is 6.61 Å². The molecule has 2 heterocycles. The lowest BCUT2D eigenvalue weighted by atomic mass is 10.1. The Kier molecular flexibility index (Phi) is 6.54. The van der Waals surface area contributed by atoms with Crippen molar-refractivity contribution < 1.29 is 33.4 Å². The van der Waals surface area contributed by atoms with Crippen LogP contribution in [-0.2, 0) is 14.3 Å². The fourth-order valence-corrected chi connectivity index (χ4v) is 4.22. The van der Waals surface area contributed by atoms with Gasteiger partial charge in [0.2, 0.25) is 0 Å². The highest BCUT2D eigenvalue weighted by molar-refractivity contribution is 7.16. The highest BCUT2D eigenvalue weighted by Gasteiger charge is 2.35. The number of carbonyl (C=O) groups is 5. The normalized spacial score (nSPS) is 12.4. The van der Waals surface area contributed by atoms with Crippen molar-refractivity contribution in [3.63, 3.8) is 0 Å². The summed E-state index contributed by atoms with van der Waals surface area (Å²) in [5, 5.41) is 2.86. The molecule has 2 aromatic rings. The summed E-state index contributed by atoms with van der Waals surface area (Å²) in [6.07, 6.45) is 1.43. The molecule has 0 unspecified atom stereocenters. The number of benzene rings is 1. The van der Waals surface area contributed by atoms with Crippen molar-refractivity contribution in [2.24, 2.45) is 0 Å². The van der Waals surface area contributed by atoms with Gasteiger partial charge in [-0.25, -0.2) is 9.59 Å². The summed E-state index contributed by atoms with van der Waals surface area (Å²) >= 11 is 1.21. The van der Waals surface area contributed by atoms with Crippen LogP contribution in [0.25, 0.3) is 0 Å². The predicted octanol–water partition coefficient (Wildman–Crippen LogP) is 2.73. The standard InChI is InChI=1S/C22H20N2O7S/c1-5-8-24-19(26)14-7-6-13(9-15(14)20(24)27)21(28)31-10-16(25)23-18-17(22(29)30-4)11(2)12(3)32-18/h5-7,9H,1,8,10H2,2-4H3,(H,23,25). The fourth-order valence-electron chi connectivity index (χ4n) is 3.15. The zero-order chi connectivity index (χ0) is 23.6. The van der Waals surface area contributed by atoms with Crippen LogP contribution < -0.4 is 5.32 Å². The SMILES string of the molecule is C=CCN1C(=O)c2ccc(C(=O)OCC(=O)Nc3sc(C)c(C)c3C(=O)OC)cc2C1=O. The zero-order valence-corrected chi connectivity index (χ0v) is 18.5. The van der Waals surface area contributed by atoms with Gasteiger partial charge in [-0.3, -0.25) is 19.3 Å². The van der Waals surface area contributed by atoms with Crippen molar-refractivity contribution >= 4 is 46.0 Å². The third-order valence-corrected chi connectivity index (χ3v) is 6.00. The van der Waals surface area contributed by atoms with Crippen molar-refractivity contribution in [1.82, 2.24) is 4.90 Å². The number of rotatable bonds is 7. The number of carbonyl (C=O) groups excluding carboxylic acids is 5. The summed E-state index contributed by atoms with van der Waals surface area (Å²) in [5.41, 5.74) is 1.24. The first-order valence-corrected chi connectivity index (χ1v) is 10.3. The summed E-state index contributed by atoms with van der Waals surface area (Å²) in [4.78, 5) is 63.1. The van der Waals surface area contributed by atoms with E-state index in [2.05, 4.69) is 11.9 Å². The minimum absolute atomic E-state index is 0.0243. The van der Waals surface area contributed by atoms with Crippen LogP contribution in [0.3, 0.4) is 0 Å². The molecule has 1 aliphatic heterocycles. The number of amides is 3. The Labute approximate surface area is 187 Å². The van der Waals surface area contributed by atoms with E-state index in [1.165, 1.54) is 42.7 Å². The smallest absolute Gasteiger partial charge is 0.341 e. The van der Waals surface area contributed by atoms with Crippen LogP contribution in [0.5, 0.6) is 0 Å². The van der Waals surface area contributed by atoms with E-state index < -0.39 is 36.3 Å². The number of hydrogen-bond donors (Lipinski definition) is 1. The molecule has 0 saturated carbocycles. The Bertz CT molecular complexity index is 1170. The number of hydrogen-bond acceptors (Lipinski definition) is 8. The molecule has 3 rings (SSSR count). The number of nitrogens with zero attached hydrogens (tertiary/aromatic N) is 1. The topological polar surface area (TPSA) is 119 Å². The first-order valence-electron chi connectivity index (χ1n) is 9.46. The Balaban J connectivity index is 1.68. The lowest BCUT2D eigenvalue weighted by molar-refractivity contribution is -0.119. The summed E-state index contributed by atoms with van der Waals surface area (Å²) < 4.78 is 9.79. The van der Waals surface area contributed by atoms with Crippen molar-refractivity contribution in [1.29, 1.82) is 0 Å². The molecule has 1 N–H and O–H groups in total. The van der Waals surface area contributed by atoms with Gasteiger partial charge in [-0.15, -0.1) is 17.9 Å². The van der Waals surface area contributed by atoms with Crippen LogP contribution in [0, 0.1) is 13.8 Å². The Morgan fingerprint density at radius 1 is 1.12 bits per heavy atom. The van der Waals surface area contributed by atoms with E-state index in [1.807, 2.05) is 0 Å². The number of aryl methyl sites for hydroxylation is 1. The highest BCUT2D eigenvalue weighted by Crippen LogP contribution is 2.33. The van der Waals surface area contributed by atoms with Gasteiger partial charge in [0.25, 0.3) is 17.7 Å². The number of thiophene rings is 1. The number of nitrogens with one attached hydrogen (secondary N) is 1. The number of fused-ring (bicyclic) bond motifs is 1. The van der Waals surface area contributed by atoms with E-state index in [4.69, 9.17) is 9.47 Å². The molecule has 1 aliphatic rings. The molecule has 3 amide bonds. The van der Waals surface area contributed by atoms with E-state index in [1.54, 1.807) is 13.8 Å². The lowest BCUT2D eigenvalue weighted by Crippen LogP contribution is -2.29. The summed E-state index contributed by atoms with van der Waals surface area (Å²) in [6, 6.07) is 3.98. The van der Waals surface area contributed by atoms with Gasteiger partial charge in [0.1, 0.15) is 5.00 Å². The number of esters is 2. The molecule has 0 saturated heterocycles. The Morgan fingerprint density at radius 3 is 2.47 bits per heavy atom. The van der Waals surface area contributed by atoms with Crippen LogP contribution in [0.4, 0.5) is 5.00 Å². The van der Waals surface area contributed by atoms with Crippen molar-refractivity contribution in [3.8, 4) is 0 Å². The van der Waals surface area contributed by atoms with Crippen molar-refractivity contribution in [2.45, 2.75) is 13.8 Å². The van der Waals surface area contributed by atoms with Crippen LogP contribution in [0.15, 0.2) is 30.9 Å². The monoisotopic (exact) mass is 456 g/mol. The second kappa shape index (κ2) is 9.15. The maximum atomic E-state index is 12.4. The van der Waals surface area contributed by atoms with Crippen molar-refractivity contribution in [3.05, 3.63) is 63.5 Å². The van der Waals surface area contributed by atoms with Gasteiger partial charge in [-0.05, 0) is 37.6 Å². The second-order valence-electron chi connectivity index (χ2n) is 6.87. The molecule has 9 nitrogen and oxygen atoms in total. The molecule has 0 spiro atoms. The van der Waals surface area contributed by atoms with Crippen LogP contribution >= 0.6 is 11.3 Å². The fraction of sp³-hybridized carbons (Fsp3) is 0.227. The second-order valence-corrected chi connectivity index (χ2v) is 8.10. The van der Waals surface area contributed by atoms with Crippen LogP contribution in [0.2, 0.25) is 0 Å². The maximum absolute atomic E-state index is 12.4. The number of imide groups is 1. The third kappa shape index (κ3) is 4.17. The molecule has 0 aliphatic carbocycles. The first kappa shape index (κ1) is 22.9. The number of ether oxygens (including phenoxy) is 2. The largest absolute Gasteiger partial charge is 0.465 e. The molecule has 32 heavy (non-hydrogen) atoms. The minimum atomic E-state index is -0.836. The Morgan fingerprint density at radius 2 is 1.81 bits per heavy atom. The van der Waals surface area contributed by atoms with Gasteiger partial charge < -0.3 is 14.8 Å². The minimum Gasteiger partial charge on any atom is -0.465 e. The molecule has 1 aromatic carbocycles. The molecule has 0 bridgehead atoms. The molecule has 1 aromatic heterocycles. The summed E-state index contributed by atoms with van der Waals surface area (Å²) in [6.45, 7) is 6.51. The predicted molar refractivity (Wildman–Crippen MR) is 116 cm³/mol. The molecule has 0 fully saturated rings. The van der Waals surface area contributed by atoms with Gasteiger partial charge in [0, 0.05) is 11.4 Å². The van der Waals surface area contributed by atoms with E-state index in [9.17, 15) is 24.0 Å². The third-order valence-electron chi connectivity index (χ3n) is 4.88. The van der Waals surface area contributed by atoms with Gasteiger partial charge >= 0.3 is 11.9 Å². The number of anilines is 1. The van der Waals surface area contributed by atoms with E-state index in [0.29, 0.717) is 10.6 Å². The van der Waals surface area contributed by atoms with Crippen molar-refractivity contribution in [2.75, 3.05) is 25.6 Å². The zero-order valence-electron chi connectivity index (χ0n) is 17.6. The van der Waals surface area contributed by atoms with Gasteiger partial charge in [-0.1, -0.05) is 6.08 Å². The first-order chi connectivity index (χ1) is 15.2. The van der Waals surface area contributed by atoms with Crippen LogP contribution in [0.1, 0.15) is 51.9 Å².